The summed E-state index contributed by atoms with van der Waals surface area (Å²) in [5, 5.41) is 3.04. The average molecular weight is 584 g/mol. The number of benzene rings is 3. The van der Waals surface area contributed by atoms with Crippen LogP contribution >= 0.6 is 22.6 Å². The Hall–Kier alpha value is -2.87. The van der Waals surface area contributed by atoms with Crippen molar-refractivity contribution in [2.75, 3.05) is 13.2 Å². The van der Waals surface area contributed by atoms with Crippen molar-refractivity contribution in [1.29, 1.82) is 0 Å². The highest BCUT2D eigenvalue weighted by molar-refractivity contribution is 14.1. The lowest BCUT2D eigenvalue weighted by atomic mass is 10.0. The fourth-order valence-corrected chi connectivity index (χ4v) is 4.19. The van der Waals surface area contributed by atoms with Gasteiger partial charge in [-0.05, 0) is 71.3 Å². The van der Waals surface area contributed by atoms with E-state index in [1.54, 1.807) is 4.90 Å². The second kappa shape index (κ2) is 13.9. The monoisotopic (exact) mass is 584 g/mol. The molecule has 35 heavy (non-hydrogen) atoms. The first-order valence-corrected chi connectivity index (χ1v) is 13.1. The summed E-state index contributed by atoms with van der Waals surface area (Å²) < 4.78 is 6.91. The van der Waals surface area contributed by atoms with E-state index in [-0.39, 0.29) is 18.4 Å². The third kappa shape index (κ3) is 8.69. The van der Waals surface area contributed by atoms with Crippen molar-refractivity contribution in [2.24, 2.45) is 0 Å². The van der Waals surface area contributed by atoms with Gasteiger partial charge in [-0.3, -0.25) is 9.59 Å². The Balaban J connectivity index is 1.87. The van der Waals surface area contributed by atoms with Gasteiger partial charge in [0.05, 0.1) is 0 Å². The number of carbonyl (C=O) groups excluding carboxylic acids is 2. The van der Waals surface area contributed by atoms with Gasteiger partial charge >= 0.3 is 0 Å². The molecule has 6 heteroatoms. The zero-order chi connectivity index (χ0) is 25.0. The van der Waals surface area contributed by atoms with Crippen molar-refractivity contribution in [2.45, 2.75) is 45.7 Å². The topological polar surface area (TPSA) is 58.6 Å². The second-order valence-electron chi connectivity index (χ2n) is 8.60. The molecule has 184 valence electrons. The third-order valence-electron chi connectivity index (χ3n) is 5.71. The van der Waals surface area contributed by atoms with Gasteiger partial charge in [-0.25, -0.2) is 0 Å². The van der Waals surface area contributed by atoms with Crippen molar-refractivity contribution >= 4 is 34.4 Å². The maximum atomic E-state index is 13.6. The number of aryl methyl sites for hydroxylation is 1. The number of unbranched alkanes of at least 4 members (excludes halogenated alkanes) is 1. The summed E-state index contributed by atoms with van der Waals surface area (Å²) in [6.07, 6.45) is 2.31. The second-order valence-corrected chi connectivity index (χ2v) is 9.85. The number of hydrogen-bond acceptors (Lipinski definition) is 3. The van der Waals surface area contributed by atoms with E-state index in [9.17, 15) is 9.59 Å². The van der Waals surface area contributed by atoms with E-state index in [1.165, 1.54) is 0 Å². The SMILES string of the molecule is CCCCNC(=O)[C@H](Cc1ccccc1)N(Cc1cccc(C)c1)C(=O)COc1ccc(I)cc1. The lowest BCUT2D eigenvalue weighted by molar-refractivity contribution is -0.142. The standard InChI is InChI=1S/C29H33IN2O3/c1-3-4-17-31-29(34)27(19-23-10-6-5-7-11-23)32(20-24-12-8-9-22(2)18-24)28(33)21-35-26-15-13-25(30)14-16-26/h5-16,18,27H,3-4,17,19-21H2,1-2H3,(H,31,34)/t27-/m0/s1. The molecule has 2 amide bonds. The predicted molar refractivity (Wildman–Crippen MR) is 148 cm³/mol. The van der Waals surface area contributed by atoms with Crippen LogP contribution in [-0.2, 0) is 22.6 Å². The number of amides is 2. The zero-order valence-corrected chi connectivity index (χ0v) is 22.5. The van der Waals surface area contributed by atoms with E-state index in [4.69, 9.17) is 4.74 Å². The van der Waals surface area contributed by atoms with Gasteiger partial charge in [-0.2, -0.15) is 0 Å². The van der Waals surface area contributed by atoms with Crippen LogP contribution < -0.4 is 10.1 Å². The van der Waals surface area contributed by atoms with Gasteiger partial charge < -0.3 is 15.0 Å². The molecular formula is C29H33IN2O3. The molecular weight excluding hydrogens is 551 g/mol. The molecule has 0 fully saturated rings. The summed E-state index contributed by atoms with van der Waals surface area (Å²) >= 11 is 2.23. The van der Waals surface area contributed by atoms with Crippen LogP contribution in [0, 0.1) is 10.5 Å². The zero-order valence-electron chi connectivity index (χ0n) is 20.4. The quantitative estimate of drug-likeness (QED) is 0.225. The maximum absolute atomic E-state index is 13.6. The maximum Gasteiger partial charge on any atom is 0.261 e. The van der Waals surface area contributed by atoms with Gasteiger partial charge in [0.1, 0.15) is 11.8 Å². The van der Waals surface area contributed by atoms with Crippen LogP contribution in [0.2, 0.25) is 0 Å². The number of ether oxygens (including phenoxy) is 1. The third-order valence-corrected chi connectivity index (χ3v) is 6.43. The van der Waals surface area contributed by atoms with Crippen molar-refractivity contribution in [3.8, 4) is 5.75 Å². The van der Waals surface area contributed by atoms with Crippen LogP contribution in [0.25, 0.3) is 0 Å². The van der Waals surface area contributed by atoms with E-state index in [0.29, 0.717) is 25.3 Å². The minimum Gasteiger partial charge on any atom is -0.484 e. The molecule has 0 aliphatic rings. The van der Waals surface area contributed by atoms with Crippen molar-refractivity contribution in [1.82, 2.24) is 10.2 Å². The lowest BCUT2D eigenvalue weighted by Gasteiger charge is -2.31. The van der Waals surface area contributed by atoms with Crippen LogP contribution in [-0.4, -0.2) is 35.9 Å². The number of rotatable bonds is 12. The summed E-state index contributed by atoms with van der Waals surface area (Å²) in [5.74, 6) is 0.260. The molecule has 0 aromatic heterocycles. The van der Waals surface area contributed by atoms with Gasteiger partial charge in [0, 0.05) is 23.1 Å². The predicted octanol–water partition coefficient (Wildman–Crippen LogP) is 5.53. The first-order chi connectivity index (χ1) is 17.0. The summed E-state index contributed by atoms with van der Waals surface area (Å²) in [5.41, 5.74) is 3.09. The molecule has 1 N–H and O–H groups in total. The van der Waals surface area contributed by atoms with Crippen LogP contribution in [0.3, 0.4) is 0 Å². The molecule has 0 saturated heterocycles. The molecule has 3 rings (SSSR count). The molecule has 0 spiro atoms. The minimum absolute atomic E-state index is 0.139. The molecule has 0 radical (unpaired) electrons. The number of nitrogens with one attached hydrogen (secondary N) is 1. The Bertz CT molecular complexity index is 1090. The highest BCUT2D eigenvalue weighted by atomic mass is 127. The normalized spacial score (nSPS) is 11.5. The summed E-state index contributed by atoms with van der Waals surface area (Å²) in [4.78, 5) is 28.6. The number of hydrogen-bond donors (Lipinski definition) is 1. The van der Waals surface area contributed by atoms with E-state index in [2.05, 4.69) is 40.9 Å². The largest absolute Gasteiger partial charge is 0.484 e. The number of nitrogens with zero attached hydrogens (tertiary/aromatic N) is 1. The summed E-state index contributed by atoms with van der Waals surface area (Å²) in [7, 11) is 0. The van der Waals surface area contributed by atoms with E-state index >= 15 is 0 Å². The van der Waals surface area contributed by atoms with E-state index in [0.717, 1.165) is 33.1 Å². The molecule has 1 atom stereocenters. The Morgan fingerprint density at radius 3 is 2.37 bits per heavy atom. The van der Waals surface area contributed by atoms with Crippen LogP contribution in [0.4, 0.5) is 0 Å². The van der Waals surface area contributed by atoms with Gasteiger partial charge in [-0.15, -0.1) is 0 Å². The molecule has 5 nitrogen and oxygen atoms in total. The minimum atomic E-state index is -0.650. The smallest absolute Gasteiger partial charge is 0.261 e. The first kappa shape index (κ1) is 26.7. The molecule has 0 saturated carbocycles. The van der Waals surface area contributed by atoms with Gasteiger partial charge in [0.15, 0.2) is 6.61 Å². The van der Waals surface area contributed by atoms with Crippen LogP contribution in [0.15, 0.2) is 78.9 Å². The fourth-order valence-electron chi connectivity index (χ4n) is 3.83. The fraction of sp³-hybridized carbons (Fsp3) is 0.310. The molecule has 0 unspecified atom stereocenters. The molecule has 0 bridgehead atoms. The van der Waals surface area contributed by atoms with Crippen LogP contribution in [0.5, 0.6) is 5.75 Å². The average Bonchev–Trinajstić information content (AvgIpc) is 2.86. The highest BCUT2D eigenvalue weighted by Gasteiger charge is 2.30. The highest BCUT2D eigenvalue weighted by Crippen LogP contribution is 2.18. The lowest BCUT2D eigenvalue weighted by Crippen LogP contribution is -2.51. The van der Waals surface area contributed by atoms with Crippen molar-refractivity contribution < 1.29 is 14.3 Å². The first-order valence-electron chi connectivity index (χ1n) is 12.0. The van der Waals surface area contributed by atoms with Gasteiger partial charge in [0.2, 0.25) is 5.91 Å². The molecule has 3 aromatic rings. The van der Waals surface area contributed by atoms with E-state index < -0.39 is 6.04 Å². The molecule has 3 aromatic carbocycles. The molecule has 0 heterocycles. The Morgan fingerprint density at radius 2 is 1.69 bits per heavy atom. The van der Waals surface area contributed by atoms with Crippen LogP contribution in [0.1, 0.15) is 36.5 Å². The number of halogens is 1. The molecule has 0 aliphatic carbocycles. The Morgan fingerprint density at radius 1 is 0.971 bits per heavy atom. The van der Waals surface area contributed by atoms with Crippen molar-refractivity contribution in [3.63, 3.8) is 0 Å². The Kier molecular flexibility index (Phi) is 10.6. The number of carbonyl (C=O) groups is 2. The summed E-state index contributed by atoms with van der Waals surface area (Å²) in [6.45, 7) is 4.89. The summed E-state index contributed by atoms with van der Waals surface area (Å²) in [6, 6.07) is 24.8. The van der Waals surface area contributed by atoms with Gasteiger partial charge in [-0.1, -0.05) is 73.5 Å². The van der Waals surface area contributed by atoms with Gasteiger partial charge in [0.25, 0.3) is 5.91 Å². The Labute approximate surface area is 222 Å². The van der Waals surface area contributed by atoms with Crippen molar-refractivity contribution in [3.05, 3.63) is 99.1 Å². The molecule has 0 aliphatic heterocycles. The van der Waals surface area contributed by atoms with E-state index in [1.807, 2.05) is 79.7 Å².